The van der Waals surface area contributed by atoms with Crippen molar-refractivity contribution in [3.05, 3.63) is 93.1 Å². The summed E-state index contributed by atoms with van der Waals surface area (Å²) in [4.78, 5) is 32.8. The molecule has 0 spiro atoms. The van der Waals surface area contributed by atoms with Crippen LogP contribution in [0.2, 0.25) is 0 Å². The summed E-state index contributed by atoms with van der Waals surface area (Å²) in [6.07, 6.45) is 1.26. The van der Waals surface area contributed by atoms with Crippen LogP contribution < -0.4 is 15.8 Å². The lowest BCUT2D eigenvalue weighted by Gasteiger charge is -2.33. The van der Waals surface area contributed by atoms with Gasteiger partial charge in [0, 0.05) is 25.6 Å². The quantitative estimate of drug-likeness (QED) is 0.434. The monoisotopic (exact) mass is 494 g/mol. The molecule has 1 N–H and O–H groups in total. The molecular formula is C26H24F2N4O2S. The largest absolute Gasteiger partial charge is 0.352 e. The lowest BCUT2D eigenvalue weighted by molar-refractivity contribution is -0.125. The zero-order valence-electron chi connectivity index (χ0n) is 18.9. The van der Waals surface area contributed by atoms with E-state index >= 15 is 0 Å². The van der Waals surface area contributed by atoms with Crippen LogP contribution >= 0.6 is 11.3 Å². The van der Waals surface area contributed by atoms with Crippen molar-refractivity contribution < 1.29 is 13.6 Å². The Bertz CT molecular complexity index is 1390. The fourth-order valence-corrected chi connectivity index (χ4v) is 5.14. The van der Waals surface area contributed by atoms with Crippen LogP contribution in [0.25, 0.3) is 10.2 Å². The topological polar surface area (TPSA) is 67.2 Å². The fourth-order valence-electron chi connectivity index (χ4n) is 4.37. The van der Waals surface area contributed by atoms with Crippen LogP contribution in [0.3, 0.4) is 0 Å². The minimum atomic E-state index is -0.326. The van der Waals surface area contributed by atoms with Crippen LogP contribution in [0.15, 0.2) is 64.8 Å². The highest BCUT2D eigenvalue weighted by Gasteiger charge is 2.27. The highest BCUT2D eigenvalue weighted by atomic mass is 32.1. The smallest absolute Gasteiger partial charge is 0.273 e. The van der Waals surface area contributed by atoms with Crippen molar-refractivity contribution in [2.24, 2.45) is 5.92 Å². The number of benzene rings is 2. The summed E-state index contributed by atoms with van der Waals surface area (Å²) in [5.41, 5.74) is 2.19. The lowest BCUT2D eigenvalue weighted by Crippen LogP contribution is -2.42. The fraction of sp³-hybridized carbons (Fsp3) is 0.269. The molecular weight excluding hydrogens is 470 g/mol. The number of hydrogen-bond donors (Lipinski definition) is 1. The number of carbonyl (C=O) groups is 1. The first-order chi connectivity index (χ1) is 17.0. The molecule has 0 aliphatic carbocycles. The number of rotatable bonds is 6. The number of anilines is 1. The Hall–Kier alpha value is -3.59. The van der Waals surface area contributed by atoms with E-state index in [-0.39, 0.29) is 35.6 Å². The summed E-state index contributed by atoms with van der Waals surface area (Å²) >= 11 is 1.36. The molecule has 3 heterocycles. The number of hydrogen-bond acceptors (Lipinski definition) is 5. The van der Waals surface area contributed by atoms with Crippen LogP contribution in [0.5, 0.6) is 0 Å². The second-order valence-corrected chi connectivity index (χ2v) is 9.59. The molecule has 9 heteroatoms. The third kappa shape index (κ3) is 5.09. The molecule has 1 saturated heterocycles. The summed E-state index contributed by atoms with van der Waals surface area (Å²) < 4.78 is 28.7. The molecule has 2 aromatic carbocycles. The lowest BCUT2D eigenvalue weighted by atomic mass is 9.96. The summed E-state index contributed by atoms with van der Waals surface area (Å²) in [5.74, 6) is -0.240. The van der Waals surface area contributed by atoms with Crippen molar-refractivity contribution in [3.8, 4) is 0 Å². The van der Waals surface area contributed by atoms with Crippen molar-refractivity contribution in [3.63, 3.8) is 0 Å². The molecule has 180 valence electrons. The molecule has 1 fully saturated rings. The number of fused-ring (bicyclic) bond motifs is 1. The first kappa shape index (κ1) is 23.2. The van der Waals surface area contributed by atoms with Gasteiger partial charge in [-0.3, -0.25) is 14.2 Å². The van der Waals surface area contributed by atoms with Gasteiger partial charge in [0.25, 0.3) is 5.56 Å². The zero-order valence-corrected chi connectivity index (χ0v) is 19.7. The van der Waals surface area contributed by atoms with Crippen molar-refractivity contribution in [1.82, 2.24) is 14.9 Å². The highest BCUT2D eigenvalue weighted by Crippen LogP contribution is 2.25. The van der Waals surface area contributed by atoms with E-state index < -0.39 is 0 Å². The molecule has 0 saturated carbocycles. The van der Waals surface area contributed by atoms with Crippen molar-refractivity contribution in [2.45, 2.75) is 25.9 Å². The van der Waals surface area contributed by atoms with Gasteiger partial charge in [-0.25, -0.2) is 13.8 Å². The number of nitrogens with one attached hydrogen (secondary N) is 1. The Labute approximate surface area is 204 Å². The van der Waals surface area contributed by atoms with E-state index in [0.29, 0.717) is 48.6 Å². The van der Waals surface area contributed by atoms with E-state index in [9.17, 15) is 18.4 Å². The van der Waals surface area contributed by atoms with E-state index in [1.807, 2.05) is 16.3 Å². The predicted octanol–water partition coefficient (Wildman–Crippen LogP) is 4.32. The van der Waals surface area contributed by atoms with Gasteiger partial charge in [0.2, 0.25) is 11.9 Å². The first-order valence-electron chi connectivity index (χ1n) is 11.5. The van der Waals surface area contributed by atoms with Gasteiger partial charge in [0.1, 0.15) is 16.3 Å². The SMILES string of the molecule is O=C(NCc1ccc(F)cc1)C1CCN(c2nc3ccsc3c(=O)n2Cc2ccc(F)cc2)CC1. The minimum absolute atomic E-state index is 0.0288. The highest BCUT2D eigenvalue weighted by molar-refractivity contribution is 7.17. The normalized spacial score (nSPS) is 14.4. The summed E-state index contributed by atoms with van der Waals surface area (Å²) in [7, 11) is 0. The van der Waals surface area contributed by atoms with Crippen molar-refractivity contribution in [2.75, 3.05) is 18.0 Å². The summed E-state index contributed by atoms with van der Waals surface area (Å²) in [6.45, 7) is 1.81. The molecule has 0 bridgehead atoms. The number of thiophene rings is 1. The second kappa shape index (κ2) is 9.95. The molecule has 35 heavy (non-hydrogen) atoms. The van der Waals surface area contributed by atoms with Gasteiger partial charge in [-0.15, -0.1) is 11.3 Å². The number of aromatic nitrogens is 2. The van der Waals surface area contributed by atoms with Crippen LogP contribution in [-0.4, -0.2) is 28.5 Å². The van der Waals surface area contributed by atoms with Gasteiger partial charge < -0.3 is 10.2 Å². The zero-order chi connectivity index (χ0) is 24.4. The Morgan fingerprint density at radius 1 is 0.971 bits per heavy atom. The van der Waals surface area contributed by atoms with Crippen molar-refractivity contribution >= 4 is 33.4 Å². The molecule has 4 aromatic rings. The maximum Gasteiger partial charge on any atom is 0.273 e. The molecule has 0 atom stereocenters. The Balaban J connectivity index is 1.30. The third-order valence-corrected chi connectivity index (χ3v) is 7.22. The first-order valence-corrected chi connectivity index (χ1v) is 12.4. The molecule has 6 nitrogen and oxygen atoms in total. The molecule has 1 aliphatic rings. The molecule has 1 aliphatic heterocycles. The van der Waals surface area contributed by atoms with Gasteiger partial charge in [-0.1, -0.05) is 24.3 Å². The van der Waals surface area contributed by atoms with E-state index in [4.69, 9.17) is 4.98 Å². The van der Waals surface area contributed by atoms with E-state index in [0.717, 1.165) is 11.1 Å². The van der Waals surface area contributed by atoms with E-state index in [1.54, 1.807) is 28.8 Å². The Morgan fingerprint density at radius 3 is 2.26 bits per heavy atom. The molecule has 0 unspecified atom stereocenters. The summed E-state index contributed by atoms with van der Waals surface area (Å²) in [6, 6.07) is 14.0. The Kier molecular flexibility index (Phi) is 6.59. The van der Waals surface area contributed by atoms with Gasteiger partial charge >= 0.3 is 0 Å². The maximum absolute atomic E-state index is 13.4. The van der Waals surface area contributed by atoms with E-state index in [2.05, 4.69) is 5.32 Å². The summed E-state index contributed by atoms with van der Waals surface area (Å²) in [5, 5.41) is 4.79. The number of halogens is 2. The number of nitrogens with zero attached hydrogens (tertiary/aromatic N) is 3. The van der Waals surface area contributed by atoms with Crippen LogP contribution in [-0.2, 0) is 17.9 Å². The number of amides is 1. The van der Waals surface area contributed by atoms with E-state index in [1.165, 1.54) is 35.6 Å². The Morgan fingerprint density at radius 2 is 1.60 bits per heavy atom. The third-order valence-electron chi connectivity index (χ3n) is 6.33. The van der Waals surface area contributed by atoms with Crippen LogP contribution in [0.1, 0.15) is 24.0 Å². The molecule has 2 aromatic heterocycles. The standard InChI is InChI=1S/C26H24F2N4O2S/c27-20-5-1-17(2-6-20)15-29-24(33)19-9-12-31(13-10-19)26-30-22-11-14-35-23(22)25(34)32(26)16-18-3-7-21(28)8-4-18/h1-8,11,14,19H,9-10,12-13,15-16H2,(H,29,33). The number of carbonyl (C=O) groups excluding carboxylic acids is 1. The molecule has 1 amide bonds. The molecule has 5 rings (SSSR count). The molecule has 0 radical (unpaired) electrons. The predicted molar refractivity (Wildman–Crippen MR) is 133 cm³/mol. The van der Waals surface area contributed by atoms with Gasteiger partial charge in [-0.05, 0) is 59.7 Å². The average Bonchev–Trinajstić information content (AvgIpc) is 3.35. The van der Waals surface area contributed by atoms with Crippen molar-refractivity contribution in [1.29, 1.82) is 0 Å². The number of piperidine rings is 1. The van der Waals surface area contributed by atoms with Gasteiger partial charge in [0.05, 0.1) is 12.1 Å². The second-order valence-electron chi connectivity index (χ2n) is 8.67. The van der Waals surface area contributed by atoms with Gasteiger partial charge in [-0.2, -0.15) is 0 Å². The maximum atomic E-state index is 13.4. The van der Waals surface area contributed by atoms with Crippen LogP contribution in [0.4, 0.5) is 14.7 Å². The average molecular weight is 495 g/mol. The van der Waals surface area contributed by atoms with Crippen LogP contribution in [0, 0.1) is 17.6 Å². The van der Waals surface area contributed by atoms with Gasteiger partial charge in [0.15, 0.2) is 0 Å². The minimum Gasteiger partial charge on any atom is -0.352 e.